The van der Waals surface area contributed by atoms with Gasteiger partial charge in [0.05, 0.1) is 12.6 Å². The molecular weight excluding hydrogens is 226 g/mol. The number of methoxy groups -OCH3 is 1. The summed E-state index contributed by atoms with van der Waals surface area (Å²) in [5.74, 6) is 1.69. The minimum atomic E-state index is 0.303. The van der Waals surface area contributed by atoms with E-state index in [-0.39, 0.29) is 0 Å². The van der Waals surface area contributed by atoms with Gasteiger partial charge in [0.25, 0.3) is 0 Å². The van der Waals surface area contributed by atoms with E-state index in [4.69, 9.17) is 4.74 Å². The van der Waals surface area contributed by atoms with Crippen LogP contribution in [0.15, 0.2) is 12.4 Å². The molecule has 1 aromatic heterocycles. The summed E-state index contributed by atoms with van der Waals surface area (Å²) in [6, 6.07) is 0.751. The molecule has 1 heterocycles. The quantitative estimate of drug-likeness (QED) is 0.772. The van der Waals surface area contributed by atoms with Crippen molar-refractivity contribution in [2.45, 2.75) is 52.6 Å². The molecule has 0 aromatic carbocycles. The normalized spacial score (nSPS) is 14.8. The highest BCUT2D eigenvalue weighted by Gasteiger charge is 2.12. The van der Waals surface area contributed by atoms with Crippen molar-refractivity contribution < 1.29 is 4.74 Å². The number of nitrogens with zero attached hydrogens (tertiary/aromatic N) is 2. The van der Waals surface area contributed by atoms with Crippen molar-refractivity contribution in [3.63, 3.8) is 0 Å². The third-order valence-electron chi connectivity index (χ3n) is 3.10. The van der Waals surface area contributed by atoms with Crippen LogP contribution >= 0.6 is 0 Å². The predicted molar refractivity (Wildman–Crippen MR) is 76.0 cm³/mol. The second-order valence-corrected chi connectivity index (χ2v) is 5.48. The standard InChI is InChI=1S/C14H27N3O/c1-11(2)6-7-12(3)16-14-15-8-9-17(14)13(4)10-18-5/h8-9,11-13H,6-7,10H2,1-5H3,(H,15,16). The molecule has 0 saturated heterocycles. The van der Waals surface area contributed by atoms with Gasteiger partial charge < -0.3 is 14.6 Å². The van der Waals surface area contributed by atoms with Crippen LogP contribution < -0.4 is 5.32 Å². The topological polar surface area (TPSA) is 39.1 Å². The van der Waals surface area contributed by atoms with Crippen LogP contribution in [0.1, 0.15) is 46.6 Å². The molecule has 2 unspecified atom stereocenters. The first-order chi connectivity index (χ1) is 8.54. The van der Waals surface area contributed by atoms with Gasteiger partial charge in [0, 0.05) is 25.5 Å². The van der Waals surface area contributed by atoms with Gasteiger partial charge in [-0.15, -0.1) is 0 Å². The first kappa shape index (κ1) is 15.0. The number of imidazole rings is 1. The molecule has 0 amide bonds. The largest absolute Gasteiger partial charge is 0.383 e. The molecular formula is C14H27N3O. The van der Waals surface area contributed by atoms with Gasteiger partial charge in [-0.05, 0) is 32.6 Å². The van der Waals surface area contributed by atoms with Crippen LogP contribution in [-0.2, 0) is 4.74 Å². The molecule has 0 aliphatic rings. The van der Waals surface area contributed by atoms with Crippen molar-refractivity contribution in [1.82, 2.24) is 9.55 Å². The molecule has 0 aliphatic carbocycles. The average molecular weight is 253 g/mol. The third kappa shape index (κ3) is 4.69. The Morgan fingerprint density at radius 2 is 2.00 bits per heavy atom. The van der Waals surface area contributed by atoms with Gasteiger partial charge in [0.15, 0.2) is 0 Å². The Bertz CT molecular complexity index is 336. The molecule has 18 heavy (non-hydrogen) atoms. The Morgan fingerprint density at radius 3 is 2.61 bits per heavy atom. The van der Waals surface area contributed by atoms with Crippen LogP contribution in [0.3, 0.4) is 0 Å². The number of hydrogen-bond donors (Lipinski definition) is 1. The van der Waals surface area contributed by atoms with E-state index in [1.54, 1.807) is 7.11 Å². The summed E-state index contributed by atoms with van der Waals surface area (Å²) in [5, 5.41) is 3.48. The molecule has 1 N–H and O–H groups in total. The van der Waals surface area contributed by atoms with E-state index in [0.717, 1.165) is 11.9 Å². The molecule has 0 radical (unpaired) electrons. The van der Waals surface area contributed by atoms with Gasteiger partial charge in [-0.1, -0.05) is 13.8 Å². The molecule has 1 rings (SSSR count). The van der Waals surface area contributed by atoms with Gasteiger partial charge in [-0.25, -0.2) is 4.98 Å². The fraction of sp³-hybridized carbons (Fsp3) is 0.786. The van der Waals surface area contributed by atoms with Crippen LogP contribution in [0, 0.1) is 5.92 Å². The van der Waals surface area contributed by atoms with Gasteiger partial charge >= 0.3 is 0 Å². The number of hydrogen-bond acceptors (Lipinski definition) is 3. The van der Waals surface area contributed by atoms with Crippen molar-refractivity contribution in [3.05, 3.63) is 12.4 Å². The van der Waals surface area contributed by atoms with Crippen LogP contribution in [-0.4, -0.2) is 29.3 Å². The molecule has 104 valence electrons. The number of anilines is 1. The minimum Gasteiger partial charge on any atom is -0.383 e. The number of rotatable bonds is 8. The maximum atomic E-state index is 5.19. The fourth-order valence-corrected chi connectivity index (χ4v) is 1.98. The Balaban J connectivity index is 2.53. The van der Waals surface area contributed by atoms with Gasteiger partial charge in [-0.2, -0.15) is 0 Å². The monoisotopic (exact) mass is 253 g/mol. The SMILES string of the molecule is COCC(C)n1ccnc1NC(C)CCC(C)C. The zero-order valence-corrected chi connectivity index (χ0v) is 12.3. The third-order valence-corrected chi connectivity index (χ3v) is 3.10. The zero-order valence-electron chi connectivity index (χ0n) is 12.3. The molecule has 2 atom stereocenters. The van der Waals surface area contributed by atoms with Crippen LogP contribution in [0.5, 0.6) is 0 Å². The summed E-state index contributed by atoms with van der Waals surface area (Å²) >= 11 is 0. The van der Waals surface area contributed by atoms with Crippen LogP contribution in [0.2, 0.25) is 0 Å². The molecule has 0 aliphatic heterocycles. The summed E-state index contributed by atoms with van der Waals surface area (Å²) in [5.41, 5.74) is 0. The maximum absolute atomic E-state index is 5.19. The highest BCUT2D eigenvalue weighted by molar-refractivity contribution is 5.28. The lowest BCUT2D eigenvalue weighted by Crippen LogP contribution is -2.21. The Morgan fingerprint density at radius 1 is 1.28 bits per heavy atom. The highest BCUT2D eigenvalue weighted by atomic mass is 16.5. The molecule has 0 spiro atoms. The number of ether oxygens (including phenoxy) is 1. The summed E-state index contributed by atoms with van der Waals surface area (Å²) in [6.45, 7) is 9.56. The van der Waals surface area contributed by atoms with Gasteiger partial charge in [-0.3, -0.25) is 0 Å². The summed E-state index contributed by atoms with van der Waals surface area (Å²) in [4.78, 5) is 4.38. The van der Waals surface area contributed by atoms with Crippen LogP contribution in [0.4, 0.5) is 5.95 Å². The lowest BCUT2D eigenvalue weighted by Gasteiger charge is -2.20. The molecule has 0 fully saturated rings. The van der Waals surface area contributed by atoms with Gasteiger partial charge in [0.2, 0.25) is 5.95 Å². The Labute approximate surface area is 111 Å². The van der Waals surface area contributed by atoms with Crippen molar-refractivity contribution in [2.75, 3.05) is 19.0 Å². The van der Waals surface area contributed by atoms with E-state index in [1.807, 2.05) is 12.4 Å². The van der Waals surface area contributed by atoms with Crippen molar-refractivity contribution in [1.29, 1.82) is 0 Å². The zero-order chi connectivity index (χ0) is 13.5. The van der Waals surface area contributed by atoms with E-state index in [0.29, 0.717) is 18.7 Å². The molecule has 4 heteroatoms. The fourth-order valence-electron chi connectivity index (χ4n) is 1.98. The van der Waals surface area contributed by atoms with E-state index >= 15 is 0 Å². The second-order valence-electron chi connectivity index (χ2n) is 5.48. The molecule has 0 saturated carbocycles. The Kier molecular flexibility index (Phi) is 6.19. The Hall–Kier alpha value is -1.03. The lowest BCUT2D eigenvalue weighted by atomic mass is 10.0. The first-order valence-electron chi connectivity index (χ1n) is 6.82. The summed E-state index contributed by atoms with van der Waals surface area (Å²) in [6.07, 6.45) is 6.25. The minimum absolute atomic E-state index is 0.303. The second kappa shape index (κ2) is 7.41. The van der Waals surface area contributed by atoms with E-state index < -0.39 is 0 Å². The summed E-state index contributed by atoms with van der Waals surface area (Å²) < 4.78 is 7.32. The van der Waals surface area contributed by atoms with Crippen molar-refractivity contribution in [3.8, 4) is 0 Å². The first-order valence-corrected chi connectivity index (χ1v) is 6.82. The van der Waals surface area contributed by atoms with E-state index in [1.165, 1.54) is 12.8 Å². The van der Waals surface area contributed by atoms with E-state index in [9.17, 15) is 0 Å². The predicted octanol–water partition coefficient (Wildman–Crippen LogP) is 3.33. The highest BCUT2D eigenvalue weighted by Crippen LogP contribution is 2.16. The summed E-state index contributed by atoms with van der Waals surface area (Å²) in [7, 11) is 1.73. The molecule has 0 bridgehead atoms. The smallest absolute Gasteiger partial charge is 0.203 e. The van der Waals surface area contributed by atoms with Crippen molar-refractivity contribution >= 4 is 5.95 Å². The number of aromatic nitrogens is 2. The van der Waals surface area contributed by atoms with E-state index in [2.05, 4.69) is 42.6 Å². The average Bonchev–Trinajstić information content (AvgIpc) is 2.75. The molecule has 1 aromatic rings. The number of nitrogens with one attached hydrogen (secondary N) is 1. The lowest BCUT2D eigenvalue weighted by molar-refractivity contribution is 0.163. The maximum Gasteiger partial charge on any atom is 0.203 e. The molecule has 4 nitrogen and oxygen atoms in total. The van der Waals surface area contributed by atoms with Crippen LogP contribution in [0.25, 0.3) is 0 Å². The van der Waals surface area contributed by atoms with Gasteiger partial charge in [0.1, 0.15) is 0 Å². The van der Waals surface area contributed by atoms with Crippen molar-refractivity contribution in [2.24, 2.45) is 5.92 Å².